The minimum atomic E-state index is -4.53. The summed E-state index contributed by atoms with van der Waals surface area (Å²) in [5.41, 5.74) is 0.172. The van der Waals surface area contributed by atoms with Gasteiger partial charge in [0.2, 0.25) is 11.9 Å². The van der Waals surface area contributed by atoms with Gasteiger partial charge in [-0.05, 0) is 36.6 Å². The van der Waals surface area contributed by atoms with Crippen LogP contribution in [0.1, 0.15) is 42.1 Å². The molecule has 0 saturated heterocycles. The van der Waals surface area contributed by atoms with Gasteiger partial charge in [0, 0.05) is 23.1 Å². The first kappa shape index (κ1) is 21.3. The van der Waals surface area contributed by atoms with Gasteiger partial charge >= 0.3 is 6.18 Å². The highest BCUT2D eigenvalue weighted by Gasteiger charge is 2.37. The van der Waals surface area contributed by atoms with Crippen LogP contribution in [0.4, 0.5) is 23.5 Å². The van der Waals surface area contributed by atoms with Crippen molar-refractivity contribution in [2.45, 2.75) is 44.4 Å². The molecule has 0 bridgehead atoms. The third kappa shape index (κ3) is 5.22. The third-order valence-electron chi connectivity index (χ3n) is 4.78. The van der Waals surface area contributed by atoms with Crippen LogP contribution in [-0.2, 0) is 24.1 Å². The van der Waals surface area contributed by atoms with Gasteiger partial charge in [-0.3, -0.25) is 14.8 Å². The van der Waals surface area contributed by atoms with E-state index in [1.165, 1.54) is 33.9 Å². The lowest BCUT2D eigenvalue weighted by Gasteiger charge is -2.06. The quantitative estimate of drug-likeness (QED) is 0.539. The molecule has 3 aromatic rings. The van der Waals surface area contributed by atoms with Crippen LogP contribution in [0.5, 0.6) is 0 Å². The van der Waals surface area contributed by atoms with Crippen molar-refractivity contribution in [2.24, 2.45) is 0 Å². The van der Waals surface area contributed by atoms with E-state index < -0.39 is 23.6 Å². The van der Waals surface area contributed by atoms with E-state index in [1.54, 1.807) is 0 Å². The molecule has 31 heavy (non-hydrogen) atoms. The van der Waals surface area contributed by atoms with Crippen LogP contribution in [-0.4, -0.2) is 30.5 Å². The maximum absolute atomic E-state index is 13.1. The van der Waals surface area contributed by atoms with Crippen LogP contribution in [0, 0.1) is 5.82 Å². The molecule has 0 spiro atoms. The summed E-state index contributed by atoms with van der Waals surface area (Å²) in [7, 11) is 0. The Hall–Kier alpha value is -2.95. The number of rotatable bonds is 7. The van der Waals surface area contributed by atoms with Gasteiger partial charge in [0.1, 0.15) is 12.1 Å². The second kappa shape index (κ2) is 8.29. The van der Waals surface area contributed by atoms with Crippen molar-refractivity contribution >= 4 is 23.5 Å². The lowest BCUT2D eigenvalue weighted by molar-refractivity contribution is -0.141. The molecule has 1 fully saturated rings. The van der Waals surface area contributed by atoms with Gasteiger partial charge in [0.15, 0.2) is 5.69 Å². The zero-order valence-corrected chi connectivity index (χ0v) is 16.8. The minimum Gasteiger partial charge on any atom is -0.293 e. The van der Waals surface area contributed by atoms with E-state index in [2.05, 4.69) is 20.5 Å². The van der Waals surface area contributed by atoms with Gasteiger partial charge in [0.25, 0.3) is 0 Å². The lowest BCUT2D eigenvalue weighted by atomic mass is 10.2. The summed E-state index contributed by atoms with van der Waals surface area (Å²) in [5, 5.41) is 10.5. The largest absolute Gasteiger partial charge is 0.435 e. The first-order chi connectivity index (χ1) is 14.7. The molecule has 0 unspecified atom stereocenters. The number of hydrogen-bond donors (Lipinski definition) is 1. The number of nitrogens with zero attached hydrogens (tertiary/aromatic N) is 5. The summed E-state index contributed by atoms with van der Waals surface area (Å²) in [6, 6.07) is 5.04. The van der Waals surface area contributed by atoms with E-state index >= 15 is 0 Å². The van der Waals surface area contributed by atoms with Gasteiger partial charge in [-0.25, -0.2) is 14.1 Å². The number of anilines is 1. The van der Waals surface area contributed by atoms with Crippen molar-refractivity contribution in [2.75, 3.05) is 5.32 Å². The molecule has 1 aliphatic carbocycles. The number of benzene rings is 1. The molecule has 7 nitrogen and oxygen atoms in total. The normalized spacial score (nSPS) is 14.1. The van der Waals surface area contributed by atoms with Crippen LogP contribution in [0.15, 0.2) is 30.6 Å². The maximum atomic E-state index is 13.1. The number of carbonyl (C=O) groups excluding carboxylic acids is 1. The third-order valence-corrected chi connectivity index (χ3v) is 5.13. The second-order valence-corrected chi connectivity index (χ2v) is 7.66. The average molecular weight is 457 g/mol. The molecular weight excluding hydrogens is 440 g/mol. The fourth-order valence-corrected chi connectivity index (χ4v) is 3.33. The Bertz CT molecular complexity index is 1110. The monoisotopic (exact) mass is 456 g/mol. The molecule has 1 aliphatic rings. The van der Waals surface area contributed by atoms with Gasteiger partial charge < -0.3 is 0 Å². The Morgan fingerprint density at radius 2 is 2.00 bits per heavy atom. The van der Waals surface area contributed by atoms with E-state index in [-0.39, 0.29) is 36.4 Å². The summed E-state index contributed by atoms with van der Waals surface area (Å²) in [6.45, 7) is 0.236. The number of halogens is 5. The number of nitrogens with one attached hydrogen (secondary N) is 1. The number of hydrogen-bond acceptors (Lipinski definition) is 4. The van der Waals surface area contributed by atoms with E-state index in [4.69, 9.17) is 11.6 Å². The molecule has 4 rings (SSSR count). The molecule has 1 aromatic carbocycles. The lowest BCUT2D eigenvalue weighted by Crippen LogP contribution is -2.17. The van der Waals surface area contributed by atoms with Crippen molar-refractivity contribution < 1.29 is 22.4 Å². The Morgan fingerprint density at radius 3 is 2.68 bits per heavy atom. The van der Waals surface area contributed by atoms with Crippen LogP contribution in [0.25, 0.3) is 0 Å². The van der Waals surface area contributed by atoms with Gasteiger partial charge in [-0.15, -0.1) is 5.10 Å². The minimum absolute atomic E-state index is 0.0135. The van der Waals surface area contributed by atoms with E-state index in [0.29, 0.717) is 11.3 Å². The zero-order valence-electron chi connectivity index (χ0n) is 16.0. The standard InChI is InChI=1S/C19H17ClF4N6O/c20-14-7-13(21)4-3-12(14)9-29-10-25-18(28-29)26-17(31)5-6-30-15(11-1-2-11)8-16(27-30)19(22,23)24/h3-4,7-8,10-11H,1-2,5-6,9H2,(H,26,28,31). The molecule has 0 aliphatic heterocycles. The smallest absolute Gasteiger partial charge is 0.293 e. The fourth-order valence-electron chi connectivity index (χ4n) is 3.10. The van der Waals surface area contributed by atoms with Crippen LogP contribution in [0.3, 0.4) is 0 Å². The molecule has 2 aromatic heterocycles. The maximum Gasteiger partial charge on any atom is 0.435 e. The van der Waals surface area contributed by atoms with Gasteiger partial charge in [-0.1, -0.05) is 17.7 Å². The average Bonchev–Trinajstić information content (AvgIpc) is 3.28. The Kier molecular flexibility index (Phi) is 5.69. The number of alkyl halides is 3. The molecule has 2 heterocycles. The van der Waals surface area contributed by atoms with E-state index in [1.807, 2.05) is 0 Å². The highest BCUT2D eigenvalue weighted by molar-refractivity contribution is 6.31. The molecule has 164 valence electrons. The van der Waals surface area contributed by atoms with Crippen molar-refractivity contribution in [3.05, 3.63) is 58.4 Å². The van der Waals surface area contributed by atoms with Crippen molar-refractivity contribution in [3.63, 3.8) is 0 Å². The number of aromatic nitrogens is 5. The first-order valence-corrected chi connectivity index (χ1v) is 9.85. The molecular formula is C19H17ClF4N6O. The van der Waals surface area contributed by atoms with Crippen LogP contribution >= 0.6 is 11.6 Å². The number of amides is 1. The highest BCUT2D eigenvalue weighted by atomic mass is 35.5. The Balaban J connectivity index is 1.35. The van der Waals surface area contributed by atoms with Crippen molar-refractivity contribution in [1.82, 2.24) is 24.5 Å². The second-order valence-electron chi connectivity index (χ2n) is 7.25. The van der Waals surface area contributed by atoms with Gasteiger partial charge in [-0.2, -0.15) is 18.3 Å². The summed E-state index contributed by atoms with van der Waals surface area (Å²) in [6.07, 6.45) is -1.61. The summed E-state index contributed by atoms with van der Waals surface area (Å²) < 4.78 is 54.7. The Labute approximate surface area is 179 Å². The van der Waals surface area contributed by atoms with Crippen molar-refractivity contribution in [1.29, 1.82) is 0 Å². The summed E-state index contributed by atoms with van der Waals surface area (Å²) in [5.74, 6) is -0.808. The molecule has 0 radical (unpaired) electrons. The number of carbonyl (C=O) groups is 1. The predicted molar refractivity (Wildman–Crippen MR) is 103 cm³/mol. The highest BCUT2D eigenvalue weighted by Crippen LogP contribution is 2.42. The SMILES string of the molecule is O=C(CCn1nc(C(F)(F)F)cc1C1CC1)Nc1ncn(Cc2ccc(F)cc2Cl)n1. The van der Waals surface area contributed by atoms with Crippen molar-refractivity contribution in [3.8, 4) is 0 Å². The van der Waals surface area contributed by atoms with Gasteiger partial charge in [0.05, 0.1) is 13.1 Å². The fraction of sp³-hybridized carbons (Fsp3) is 0.368. The van der Waals surface area contributed by atoms with E-state index in [9.17, 15) is 22.4 Å². The molecule has 1 saturated carbocycles. The molecule has 1 N–H and O–H groups in total. The predicted octanol–water partition coefficient (Wildman–Crippen LogP) is 4.24. The molecule has 1 amide bonds. The zero-order chi connectivity index (χ0) is 22.2. The summed E-state index contributed by atoms with van der Waals surface area (Å²) >= 11 is 5.99. The molecule has 12 heteroatoms. The summed E-state index contributed by atoms with van der Waals surface area (Å²) in [4.78, 5) is 16.2. The first-order valence-electron chi connectivity index (χ1n) is 9.47. The topological polar surface area (TPSA) is 77.6 Å². The molecule has 0 atom stereocenters. The number of aryl methyl sites for hydroxylation is 1. The Morgan fingerprint density at radius 1 is 1.23 bits per heavy atom. The van der Waals surface area contributed by atoms with Crippen LogP contribution < -0.4 is 5.32 Å². The van der Waals surface area contributed by atoms with E-state index in [0.717, 1.165) is 18.9 Å². The van der Waals surface area contributed by atoms with Crippen LogP contribution in [0.2, 0.25) is 5.02 Å².